The van der Waals surface area contributed by atoms with Crippen molar-refractivity contribution in [2.24, 2.45) is 0 Å². The van der Waals surface area contributed by atoms with E-state index in [0.29, 0.717) is 20.9 Å². The first-order chi connectivity index (χ1) is 11.5. The van der Waals surface area contributed by atoms with Crippen LogP contribution in [0.2, 0.25) is 10.0 Å². The smallest absolute Gasteiger partial charge is 0.173 e. The minimum Gasteiger partial charge on any atom is -0.506 e. The summed E-state index contributed by atoms with van der Waals surface area (Å²) in [6.07, 6.45) is 0. The quantitative estimate of drug-likeness (QED) is 0.761. The Morgan fingerprint density at radius 1 is 1.00 bits per heavy atom. The first kappa shape index (κ1) is 17.1. The average Bonchev–Trinajstić information content (AvgIpc) is 2.59. The van der Waals surface area contributed by atoms with Crippen LogP contribution in [0.3, 0.4) is 0 Å². The second-order valence-electron chi connectivity index (χ2n) is 5.52. The van der Waals surface area contributed by atoms with Gasteiger partial charge in [-0.25, -0.2) is 0 Å². The number of para-hydroxylation sites is 2. The normalized spacial score (nSPS) is 14.6. The van der Waals surface area contributed by atoms with E-state index in [1.165, 1.54) is 0 Å². The van der Waals surface area contributed by atoms with E-state index >= 15 is 0 Å². The summed E-state index contributed by atoms with van der Waals surface area (Å²) in [6.45, 7) is 3.14. The summed E-state index contributed by atoms with van der Waals surface area (Å²) in [7, 11) is 0. The molecule has 0 aromatic heterocycles. The predicted molar refractivity (Wildman–Crippen MR) is 105 cm³/mol. The molecule has 0 bridgehead atoms. The SMILES string of the molecule is Oc1ccccc1N1CCN(C(=S)Nc2ccc(Cl)c(Cl)c2)CC1. The molecule has 0 aliphatic carbocycles. The van der Waals surface area contributed by atoms with E-state index in [9.17, 15) is 5.11 Å². The number of hydrogen-bond donors (Lipinski definition) is 2. The fourth-order valence-electron chi connectivity index (χ4n) is 2.66. The van der Waals surface area contributed by atoms with E-state index in [2.05, 4.69) is 15.1 Å². The number of hydrogen-bond acceptors (Lipinski definition) is 3. The number of nitrogens with zero attached hydrogens (tertiary/aromatic N) is 2. The minimum absolute atomic E-state index is 0.308. The van der Waals surface area contributed by atoms with Crippen LogP contribution in [0.15, 0.2) is 42.5 Å². The maximum absolute atomic E-state index is 9.96. The van der Waals surface area contributed by atoms with Crippen molar-refractivity contribution in [2.45, 2.75) is 0 Å². The van der Waals surface area contributed by atoms with Crippen LogP contribution in [0, 0.1) is 0 Å². The van der Waals surface area contributed by atoms with Crippen molar-refractivity contribution in [1.82, 2.24) is 4.90 Å². The summed E-state index contributed by atoms with van der Waals surface area (Å²) < 4.78 is 0. The molecule has 0 radical (unpaired) electrons. The van der Waals surface area contributed by atoms with Crippen LogP contribution in [0.25, 0.3) is 0 Å². The van der Waals surface area contributed by atoms with Crippen molar-refractivity contribution < 1.29 is 5.11 Å². The van der Waals surface area contributed by atoms with Crippen molar-refractivity contribution in [3.05, 3.63) is 52.5 Å². The van der Waals surface area contributed by atoms with Gasteiger partial charge in [0, 0.05) is 31.9 Å². The summed E-state index contributed by atoms with van der Waals surface area (Å²) in [5, 5.41) is 14.8. The Kier molecular flexibility index (Phi) is 5.33. The van der Waals surface area contributed by atoms with Gasteiger partial charge in [-0.05, 0) is 42.5 Å². The molecule has 126 valence electrons. The lowest BCUT2D eigenvalue weighted by atomic mass is 10.2. The molecular formula is C17H17Cl2N3OS. The van der Waals surface area contributed by atoms with Gasteiger partial charge in [-0.15, -0.1) is 0 Å². The van der Waals surface area contributed by atoms with Crippen molar-refractivity contribution >= 4 is 51.9 Å². The topological polar surface area (TPSA) is 38.7 Å². The van der Waals surface area contributed by atoms with Gasteiger partial charge in [0.15, 0.2) is 5.11 Å². The van der Waals surface area contributed by atoms with E-state index in [1.54, 1.807) is 18.2 Å². The summed E-state index contributed by atoms with van der Waals surface area (Å²) >= 11 is 17.4. The van der Waals surface area contributed by atoms with Crippen LogP contribution < -0.4 is 10.2 Å². The molecule has 24 heavy (non-hydrogen) atoms. The second-order valence-corrected chi connectivity index (χ2v) is 6.72. The number of phenolic OH excluding ortho intramolecular Hbond substituents is 1. The van der Waals surface area contributed by atoms with Gasteiger partial charge in [-0.1, -0.05) is 35.3 Å². The molecule has 1 aliphatic heterocycles. The third-order valence-electron chi connectivity index (χ3n) is 3.96. The van der Waals surface area contributed by atoms with Crippen LogP contribution in [0.1, 0.15) is 0 Å². The molecule has 0 amide bonds. The lowest BCUT2D eigenvalue weighted by Gasteiger charge is -2.37. The van der Waals surface area contributed by atoms with Gasteiger partial charge in [0.1, 0.15) is 5.75 Å². The van der Waals surface area contributed by atoms with Gasteiger partial charge in [0.25, 0.3) is 0 Å². The monoisotopic (exact) mass is 381 g/mol. The number of phenols is 1. The molecule has 2 aromatic carbocycles. The fourth-order valence-corrected chi connectivity index (χ4v) is 3.26. The highest BCUT2D eigenvalue weighted by Gasteiger charge is 2.20. The Morgan fingerprint density at radius 3 is 2.38 bits per heavy atom. The molecule has 3 rings (SSSR count). The summed E-state index contributed by atoms with van der Waals surface area (Å²) in [6, 6.07) is 12.7. The van der Waals surface area contributed by atoms with Crippen LogP contribution in [0.4, 0.5) is 11.4 Å². The molecule has 0 atom stereocenters. The van der Waals surface area contributed by atoms with Crippen LogP contribution in [-0.2, 0) is 0 Å². The Morgan fingerprint density at radius 2 is 1.71 bits per heavy atom. The number of piperazine rings is 1. The molecule has 0 unspecified atom stereocenters. The van der Waals surface area contributed by atoms with E-state index < -0.39 is 0 Å². The minimum atomic E-state index is 0.308. The molecule has 1 saturated heterocycles. The van der Waals surface area contributed by atoms with E-state index in [1.807, 2.05) is 24.3 Å². The van der Waals surface area contributed by atoms with E-state index in [-0.39, 0.29) is 0 Å². The average molecular weight is 382 g/mol. The number of benzene rings is 2. The first-order valence-corrected chi connectivity index (χ1v) is 8.75. The zero-order valence-electron chi connectivity index (χ0n) is 12.9. The highest BCUT2D eigenvalue weighted by molar-refractivity contribution is 7.80. The predicted octanol–water partition coefficient (Wildman–Crippen LogP) is 4.22. The van der Waals surface area contributed by atoms with Crippen molar-refractivity contribution in [1.29, 1.82) is 0 Å². The zero-order chi connectivity index (χ0) is 17.1. The van der Waals surface area contributed by atoms with E-state index in [4.69, 9.17) is 35.4 Å². The lowest BCUT2D eigenvalue weighted by molar-refractivity contribution is 0.387. The molecule has 2 aromatic rings. The zero-order valence-corrected chi connectivity index (χ0v) is 15.2. The molecule has 0 spiro atoms. The maximum atomic E-state index is 9.96. The Hall–Kier alpha value is -1.69. The summed E-state index contributed by atoms with van der Waals surface area (Å²) in [5.41, 5.74) is 1.68. The molecule has 1 heterocycles. The molecule has 7 heteroatoms. The van der Waals surface area contributed by atoms with Gasteiger partial charge < -0.3 is 20.2 Å². The first-order valence-electron chi connectivity index (χ1n) is 7.58. The highest BCUT2D eigenvalue weighted by Crippen LogP contribution is 2.28. The van der Waals surface area contributed by atoms with Gasteiger partial charge >= 0.3 is 0 Å². The van der Waals surface area contributed by atoms with Crippen molar-refractivity contribution in [2.75, 3.05) is 36.4 Å². The molecule has 2 N–H and O–H groups in total. The third kappa shape index (κ3) is 3.86. The standard InChI is InChI=1S/C17H17Cl2N3OS/c18-13-6-5-12(11-14(13)19)20-17(24)22-9-7-21(8-10-22)15-3-1-2-4-16(15)23/h1-6,11,23H,7-10H2,(H,20,24). The Labute approximate surface area is 156 Å². The number of nitrogens with one attached hydrogen (secondary N) is 1. The van der Waals surface area contributed by atoms with Crippen LogP contribution in [-0.4, -0.2) is 41.3 Å². The number of aromatic hydroxyl groups is 1. The molecule has 1 fully saturated rings. The van der Waals surface area contributed by atoms with E-state index in [0.717, 1.165) is 37.6 Å². The van der Waals surface area contributed by atoms with Crippen molar-refractivity contribution in [3.8, 4) is 5.75 Å². The molecule has 4 nitrogen and oxygen atoms in total. The van der Waals surface area contributed by atoms with Crippen LogP contribution >= 0.6 is 35.4 Å². The van der Waals surface area contributed by atoms with Gasteiger partial charge in [0.2, 0.25) is 0 Å². The lowest BCUT2D eigenvalue weighted by Crippen LogP contribution is -2.50. The second kappa shape index (κ2) is 7.47. The number of thiocarbonyl (C=S) groups is 1. The van der Waals surface area contributed by atoms with Gasteiger partial charge in [-0.2, -0.15) is 0 Å². The third-order valence-corrected chi connectivity index (χ3v) is 5.06. The van der Waals surface area contributed by atoms with Crippen molar-refractivity contribution in [3.63, 3.8) is 0 Å². The van der Waals surface area contributed by atoms with Gasteiger partial charge in [0.05, 0.1) is 15.7 Å². The fraction of sp³-hybridized carbons (Fsp3) is 0.235. The number of rotatable bonds is 2. The van der Waals surface area contributed by atoms with Gasteiger partial charge in [-0.3, -0.25) is 0 Å². The van der Waals surface area contributed by atoms with Crippen LogP contribution in [0.5, 0.6) is 5.75 Å². The maximum Gasteiger partial charge on any atom is 0.173 e. The number of anilines is 2. The largest absolute Gasteiger partial charge is 0.506 e. The molecular weight excluding hydrogens is 365 g/mol. The Balaban J connectivity index is 1.59. The molecule has 1 aliphatic rings. The molecule has 0 saturated carbocycles. The number of halogens is 2. The highest BCUT2D eigenvalue weighted by atomic mass is 35.5. The summed E-state index contributed by atoms with van der Waals surface area (Å²) in [5.74, 6) is 0.308. The Bertz CT molecular complexity index is 748. The summed E-state index contributed by atoms with van der Waals surface area (Å²) in [4.78, 5) is 4.27.